The van der Waals surface area contributed by atoms with Gasteiger partial charge in [0.05, 0.1) is 0 Å². The largest absolute Gasteiger partial charge is 0.370 e. The molecule has 0 atom stereocenters. The molecular weight excluding hydrogens is 425 g/mol. The number of unbranched alkanes of at least 4 members (excludes halogenated alkanes) is 1. The zero-order chi connectivity index (χ0) is 23.0. The SMILES string of the molecule is Fc1cccc(-c2ccnc(NCCCCN3CCN(c4cccc(C(F)F)c4)CC3)c2)c1. The molecule has 7 heteroatoms. The van der Waals surface area contributed by atoms with Crippen molar-refractivity contribution in [2.24, 2.45) is 0 Å². The molecule has 0 aliphatic carbocycles. The highest BCUT2D eigenvalue weighted by atomic mass is 19.3. The lowest BCUT2D eigenvalue weighted by atomic mass is 10.1. The molecule has 174 valence electrons. The highest BCUT2D eigenvalue weighted by Crippen LogP contribution is 2.25. The molecule has 0 bridgehead atoms. The number of aromatic nitrogens is 1. The van der Waals surface area contributed by atoms with E-state index in [1.807, 2.05) is 24.3 Å². The lowest BCUT2D eigenvalue weighted by Crippen LogP contribution is -2.46. The van der Waals surface area contributed by atoms with E-state index in [4.69, 9.17) is 0 Å². The molecule has 0 saturated carbocycles. The van der Waals surface area contributed by atoms with Crippen molar-refractivity contribution >= 4 is 11.5 Å². The van der Waals surface area contributed by atoms with Crippen LogP contribution in [0.15, 0.2) is 66.9 Å². The Balaban J connectivity index is 1.17. The number of benzene rings is 2. The van der Waals surface area contributed by atoms with Crippen LogP contribution >= 0.6 is 0 Å². The number of hydrogen-bond donors (Lipinski definition) is 1. The van der Waals surface area contributed by atoms with Crippen molar-refractivity contribution in [2.45, 2.75) is 19.3 Å². The fourth-order valence-electron chi connectivity index (χ4n) is 4.14. The van der Waals surface area contributed by atoms with Crippen LogP contribution in [0.5, 0.6) is 0 Å². The van der Waals surface area contributed by atoms with Crippen LogP contribution in [0.1, 0.15) is 24.8 Å². The lowest BCUT2D eigenvalue weighted by Gasteiger charge is -2.36. The third kappa shape index (κ3) is 6.48. The molecule has 0 unspecified atom stereocenters. The molecule has 1 N–H and O–H groups in total. The number of pyridine rings is 1. The smallest absolute Gasteiger partial charge is 0.263 e. The Hall–Kier alpha value is -3.06. The molecule has 1 aliphatic rings. The molecule has 0 spiro atoms. The third-order valence-corrected chi connectivity index (χ3v) is 5.98. The Morgan fingerprint density at radius 3 is 2.45 bits per heavy atom. The van der Waals surface area contributed by atoms with Gasteiger partial charge in [-0.1, -0.05) is 24.3 Å². The summed E-state index contributed by atoms with van der Waals surface area (Å²) in [6.07, 6.45) is 1.39. The van der Waals surface area contributed by atoms with Crippen LogP contribution < -0.4 is 10.2 Å². The minimum absolute atomic E-state index is 0.0818. The summed E-state index contributed by atoms with van der Waals surface area (Å²) < 4.78 is 39.4. The predicted molar refractivity (Wildman–Crippen MR) is 127 cm³/mol. The maximum Gasteiger partial charge on any atom is 0.263 e. The van der Waals surface area contributed by atoms with Crippen LogP contribution in [0.25, 0.3) is 11.1 Å². The Kier molecular flexibility index (Phi) is 7.83. The summed E-state index contributed by atoms with van der Waals surface area (Å²) in [5.41, 5.74) is 2.73. The molecule has 2 heterocycles. The molecule has 4 nitrogen and oxygen atoms in total. The summed E-state index contributed by atoms with van der Waals surface area (Å²) in [4.78, 5) is 8.97. The van der Waals surface area contributed by atoms with Gasteiger partial charge >= 0.3 is 0 Å². The summed E-state index contributed by atoms with van der Waals surface area (Å²) in [6.45, 7) is 5.40. The van der Waals surface area contributed by atoms with E-state index < -0.39 is 6.43 Å². The number of anilines is 2. The minimum Gasteiger partial charge on any atom is -0.370 e. The van der Waals surface area contributed by atoms with E-state index in [1.54, 1.807) is 24.4 Å². The maximum atomic E-state index is 13.5. The quantitative estimate of drug-likeness (QED) is 0.412. The van der Waals surface area contributed by atoms with Crippen LogP contribution in [-0.2, 0) is 0 Å². The van der Waals surface area contributed by atoms with Crippen LogP contribution in [-0.4, -0.2) is 49.2 Å². The normalized spacial score (nSPS) is 14.6. The van der Waals surface area contributed by atoms with Gasteiger partial charge in [0.25, 0.3) is 6.43 Å². The molecule has 1 saturated heterocycles. The van der Waals surface area contributed by atoms with Crippen molar-refractivity contribution in [1.82, 2.24) is 9.88 Å². The Labute approximate surface area is 193 Å². The van der Waals surface area contributed by atoms with E-state index in [1.165, 1.54) is 18.2 Å². The Morgan fingerprint density at radius 1 is 0.879 bits per heavy atom. The van der Waals surface area contributed by atoms with Crippen molar-refractivity contribution in [2.75, 3.05) is 49.5 Å². The van der Waals surface area contributed by atoms with Crippen molar-refractivity contribution in [3.63, 3.8) is 0 Å². The average molecular weight is 455 g/mol. The second-order valence-corrected chi connectivity index (χ2v) is 8.30. The topological polar surface area (TPSA) is 31.4 Å². The van der Waals surface area contributed by atoms with Gasteiger partial charge in [-0.05, 0) is 66.9 Å². The molecule has 2 aromatic carbocycles. The number of halogens is 3. The molecule has 1 aromatic heterocycles. The average Bonchev–Trinajstić information content (AvgIpc) is 2.84. The highest BCUT2D eigenvalue weighted by molar-refractivity contribution is 5.66. The van der Waals surface area contributed by atoms with Gasteiger partial charge in [-0.15, -0.1) is 0 Å². The van der Waals surface area contributed by atoms with E-state index in [2.05, 4.69) is 20.1 Å². The molecule has 0 amide bonds. The number of hydrogen-bond acceptors (Lipinski definition) is 4. The van der Waals surface area contributed by atoms with Gasteiger partial charge in [0.1, 0.15) is 11.6 Å². The van der Waals surface area contributed by atoms with Crippen LogP contribution in [0.2, 0.25) is 0 Å². The van der Waals surface area contributed by atoms with Gasteiger partial charge in [-0.2, -0.15) is 0 Å². The summed E-state index contributed by atoms with van der Waals surface area (Å²) >= 11 is 0. The molecular formula is C26H29F3N4. The van der Waals surface area contributed by atoms with Gasteiger partial charge in [0.15, 0.2) is 0 Å². The van der Waals surface area contributed by atoms with E-state index in [-0.39, 0.29) is 11.4 Å². The first-order valence-corrected chi connectivity index (χ1v) is 11.4. The molecule has 33 heavy (non-hydrogen) atoms. The number of rotatable bonds is 9. The second kappa shape index (κ2) is 11.2. The van der Waals surface area contributed by atoms with E-state index in [0.29, 0.717) is 0 Å². The lowest BCUT2D eigenvalue weighted by molar-refractivity contribution is 0.151. The maximum absolute atomic E-state index is 13.5. The zero-order valence-corrected chi connectivity index (χ0v) is 18.6. The predicted octanol–water partition coefficient (Wildman–Crippen LogP) is 5.84. The fraction of sp³-hybridized carbons (Fsp3) is 0.346. The molecule has 4 rings (SSSR count). The first kappa shape index (κ1) is 23.1. The molecule has 0 radical (unpaired) electrons. The summed E-state index contributed by atoms with van der Waals surface area (Å²) in [7, 11) is 0. The summed E-state index contributed by atoms with van der Waals surface area (Å²) in [6, 6.07) is 17.1. The van der Waals surface area contributed by atoms with E-state index >= 15 is 0 Å². The zero-order valence-electron chi connectivity index (χ0n) is 18.6. The molecule has 1 aliphatic heterocycles. The second-order valence-electron chi connectivity index (χ2n) is 8.30. The van der Waals surface area contributed by atoms with Gasteiger partial charge in [0, 0.05) is 50.2 Å². The van der Waals surface area contributed by atoms with Crippen molar-refractivity contribution in [3.8, 4) is 11.1 Å². The van der Waals surface area contributed by atoms with E-state index in [0.717, 1.165) is 74.7 Å². The Bertz CT molecular complexity index is 1040. The first-order chi connectivity index (χ1) is 16.1. The van der Waals surface area contributed by atoms with Gasteiger partial charge in [-0.3, -0.25) is 4.90 Å². The van der Waals surface area contributed by atoms with Crippen molar-refractivity contribution < 1.29 is 13.2 Å². The molecule has 1 fully saturated rings. The van der Waals surface area contributed by atoms with Gasteiger partial charge in [0.2, 0.25) is 0 Å². The Morgan fingerprint density at radius 2 is 1.67 bits per heavy atom. The number of nitrogens with zero attached hydrogens (tertiary/aromatic N) is 3. The van der Waals surface area contributed by atoms with Crippen molar-refractivity contribution in [3.05, 3.63) is 78.2 Å². The standard InChI is InChI=1S/C26H29F3N4/c27-23-7-3-5-20(17-23)21-9-11-31-25(19-21)30-10-1-2-12-32-13-15-33(16-14-32)24-8-4-6-22(18-24)26(28)29/h3-9,11,17-19,26H,1-2,10,12-16H2,(H,30,31). The number of piperazine rings is 1. The first-order valence-electron chi connectivity index (χ1n) is 11.4. The van der Waals surface area contributed by atoms with E-state index in [9.17, 15) is 13.2 Å². The summed E-state index contributed by atoms with van der Waals surface area (Å²) in [5.74, 6) is 0.540. The third-order valence-electron chi connectivity index (χ3n) is 5.98. The van der Waals surface area contributed by atoms with Crippen molar-refractivity contribution in [1.29, 1.82) is 0 Å². The fourth-order valence-corrected chi connectivity index (χ4v) is 4.14. The number of alkyl halides is 2. The van der Waals surface area contributed by atoms with Crippen LogP contribution in [0.3, 0.4) is 0 Å². The van der Waals surface area contributed by atoms with Crippen LogP contribution in [0, 0.1) is 5.82 Å². The van der Waals surface area contributed by atoms with Crippen LogP contribution in [0.4, 0.5) is 24.7 Å². The van der Waals surface area contributed by atoms with Gasteiger partial charge in [-0.25, -0.2) is 18.2 Å². The minimum atomic E-state index is -2.43. The summed E-state index contributed by atoms with van der Waals surface area (Å²) in [5, 5.41) is 3.36. The molecule has 3 aromatic rings. The monoisotopic (exact) mass is 454 g/mol. The van der Waals surface area contributed by atoms with Gasteiger partial charge < -0.3 is 10.2 Å². The number of nitrogens with one attached hydrogen (secondary N) is 1. The highest BCUT2D eigenvalue weighted by Gasteiger charge is 2.18.